The minimum absolute atomic E-state index is 0.325. The molecule has 0 spiro atoms. The Morgan fingerprint density at radius 1 is 1.46 bits per heavy atom. The maximum atomic E-state index is 8.85. The molecular formula is C11H23NO. The molecule has 2 heteroatoms. The lowest BCUT2D eigenvalue weighted by atomic mass is 9.85. The lowest BCUT2D eigenvalue weighted by Gasteiger charge is -2.31. The van der Waals surface area contributed by atoms with Crippen LogP contribution in [0.15, 0.2) is 0 Å². The van der Waals surface area contributed by atoms with Crippen LogP contribution in [0, 0.1) is 11.8 Å². The van der Waals surface area contributed by atoms with E-state index in [2.05, 4.69) is 19.2 Å². The highest BCUT2D eigenvalue weighted by molar-refractivity contribution is 4.78. The molecule has 2 N–H and O–H groups in total. The van der Waals surface area contributed by atoms with Crippen molar-refractivity contribution in [2.75, 3.05) is 13.2 Å². The number of piperidine rings is 1. The first-order valence-corrected chi connectivity index (χ1v) is 5.56. The first-order chi connectivity index (χ1) is 6.22. The molecule has 13 heavy (non-hydrogen) atoms. The van der Waals surface area contributed by atoms with E-state index in [9.17, 15) is 0 Å². The first-order valence-electron chi connectivity index (χ1n) is 5.56. The molecule has 1 heterocycles. The minimum Gasteiger partial charge on any atom is -0.396 e. The molecule has 2 atom stereocenters. The molecular weight excluding hydrogens is 162 g/mol. The first kappa shape index (κ1) is 11.0. The monoisotopic (exact) mass is 185 g/mol. The molecule has 0 aliphatic carbocycles. The van der Waals surface area contributed by atoms with Crippen LogP contribution in [0.3, 0.4) is 0 Å². The molecule has 2 nitrogen and oxygen atoms in total. The van der Waals surface area contributed by atoms with Crippen LogP contribution in [0.1, 0.15) is 39.5 Å². The summed E-state index contributed by atoms with van der Waals surface area (Å²) in [5.74, 6) is 1.70. The standard InChI is InChI=1S/C11H23NO/c1-9(2)7-10-3-5-12-11(8-10)4-6-13/h9-13H,3-8H2,1-2H3. The van der Waals surface area contributed by atoms with Crippen molar-refractivity contribution >= 4 is 0 Å². The zero-order chi connectivity index (χ0) is 9.68. The van der Waals surface area contributed by atoms with Crippen LogP contribution in [0.5, 0.6) is 0 Å². The zero-order valence-corrected chi connectivity index (χ0v) is 8.92. The fourth-order valence-electron chi connectivity index (χ4n) is 2.35. The van der Waals surface area contributed by atoms with Crippen molar-refractivity contribution in [2.24, 2.45) is 11.8 Å². The topological polar surface area (TPSA) is 32.3 Å². The summed E-state index contributed by atoms with van der Waals surface area (Å²) in [5.41, 5.74) is 0. The van der Waals surface area contributed by atoms with Gasteiger partial charge in [0.05, 0.1) is 0 Å². The van der Waals surface area contributed by atoms with E-state index in [4.69, 9.17) is 5.11 Å². The Balaban J connectivity index is 2.24. The van der Waals surface area contributed by atoms with Crippen LogP contribution in [0.4, 0.5) is 0 Å². The maximum Gasteiger partial charge on any atom is 0.0445 e. The molecule has 0 aromatic rings. The highest BCUT2D eigenvalue weighted by Crippen LogP contribution is 2.24. The number of rotatable bonds is 4. The summed E-state index contributed by atoms with van der Waals surface area (Å²) in [5, 5.41) is 12.3. The Morgan fingerprint density at radius 2 is 2.23 bits per heavy atom. The molecule has 1 aliphatic heterocycles. The van der Waals surface area contributed by atoms with Gasteiger partial charge in [-0.3, -0.25) is 0 Å². The molecule has 1 rings (SSSR count). The van der Waals surface area contributed by atoms with Crippen LogP contribution in [-0.4, -0.2) is 24.3 Å². The lowest BCUT2D eigenvalue weighted by Crippen LogP contribution is -2.38. The quantitative estimate of drug-likeness (QED) is 0.700. The van der Waals surface area contributed by atoms with E-state index in [-0.39, 0.29) is 0 Å². The molecule has 1 saturated heterocycles. The van der Waals surface area contributed by atoms with Gasteiger partial charge in [-0.2, -0.15) is 0 Å². The average Bonchev–Trinajstić information content (AvgIpc) is 2.04. The fourth-order valence-corrected chi connectivity index (χ4v) is 2.35. The van der Waals surface area contributed by atoms with Crippen LogP contribution >= 0.6 is 0 Å². The zero-order valence-electron chi connectivity index (χ0n) is 8.92. The normalized spacial score (nSPS) is 29.5. The van der Waals surface area contributed by atoms with Crippen molar-refractivity contribution in [3.05, 3.63) is 0 Å². The van der Waals surface area contributed by atoms with Gasteiger partial charge >= 0.3 is 0 Å². The van der Waals surface area contributed by atoms with E-state index < -0.39 is 0 Å². The second kappa shape index (κ2) is 5.61. The lowest BCUT2D eigenvalue weighted by molar-refractivity contribution is 0.213. The van der Waals surface area contributed by atoms with Crippen LogP contribution < -0.4 is 5.32 Å². The number of hydrogen-bond acceptors (Lipinski definition) is 2. The van der Waals surface area contributed by atoms with Crippen LogP contribution in [0.25, 0.3) is 0 Å². The number of nitrogens with one attached hydrogen (secondary N) is 1. The number of hydrogen-bond donors (Lipinski definition) is 2. The predicted octanol–water partition coefficient (Wildman–Crippen LogP) is 1.78. The fraction of sp³-hybridized carbons (Fsp3) is 1.00. The average molecular weight is 185 g/mol. The predicted molar refractivity (Wildman–Crippen MR) is 55.7 cm³/mol. The van der Waals surface area contributed by atoms with E-state index >= 15 is 0 Å². The van der Waals surface area contributed by atoms with Gasteiger partial charge in [0, 0.05) is 12.6 Å². The number of aliphatic hydroxyl groups excluding tert-OH is 1. The maximum absolute atomic E-state index is 8.85. The summed E-state index contributed by atoms with van der Waals surface area (Å²) in [6, 6.07) is 0.572. The van der Waals surface area contributed by atoms with Gasteiger partial charge in [-0.05, 0) is 44.1 Å². The molecule has 0 aromatic heterocycles. The van der Waals surface area contributed by atoms with Gasteiger partial charge < -0.3 is 10.4 Å². The third-order valence-electron chi connectivity index (χ3n) is 2.89. The summed E-state index contributed by atoms with van der Waals surface area (Å²) in [6.45, 7) is 6.06. The van der Waals surface area contributed by atoms with Gasteiger partial charge in [0.2, 0.25) is 0 Å². The van der Waals surface area contributed by atoms with Gasteiger partial charge in [-0.15, -0.1) is 0 Å². The second-order valence-electron chi connectivity index (χ2n) is 4.68. The molecule has 1 fully saturated rings. The summed E-state index contributed by atoms with van der Waals surface area (Å²) < 4.78 is 0. The van der Waals surface area contributed by atoms with Gasteiger partial charge in [0.1, 0.15) is 0 Å². The molecule has 1 aliphatic rings. The van der Waals surface area contributed by atoms with E-state index in [0.717, 1.165) is 24.8 Å². The van der Waals surface area contributed by atoms with Gasteiger partial charge in [-0.25, -0.2) is 0 Å². The largest absolute Gasteiger partial charge is 0.396 e. The van der Waals surface area contributed by atoms with E-state index in [0.29, 0.717) is 12.6 Å². The Morgan fingerprint density at radius 3 is 2.85 bits per heavy atom. The minimum atomic E-state index is 0.325. The molecule has 2 unspecified atom stereocenters. The molecule has 0 radical (unpaired) electrons. The summed E-state index contributed by atoms with van der Waals surface area (Å²) >= 11 is 0. The van der Waals surface area contributed by atoms with Crippen molar-refractivity contribution in [1.29, 1.82) is 0 Å². The summed E-state index contributed by atoms with van der Waals surface area (Å²) in [6.07, 6.45) is 4.86. The SMILES string of the molecule is CC(C)CC1CCNC(CCO)C1. The van der Waals surface area contributed by atoms with Crippen LogP contribution in [0.2, 0.25) is 0 Å². The van der Waals surface area contributed by atoms with Crippen molar-refractivity contribution in [2.45, 2.75) is 45.6 Å². The Labute approximate surface area is 81.7 Å². The molecule has 0 amide bonds. The highest BCUT2D eigenvalue weighted by atomic mass is 16.3. The van der Waals surface area contributed by atoms with Gasteiger partial charge in [0.25, 0.3) is 0 Å². The second-order valence-corrected chi connectivity index (χ2v) is 4.68. The highest BCUT2D eigenvalue weighted by Gasteiger charge is 2.21. The molecule has 78 valence electrons. The molecule has 0 aromatic carbocycles. The third kappa shape index (κ3) is 4.10. The van der Waals surface area contributed by atoms with Gasteiger partial charge in [0.15, 0.2) is 0 Å². The van der Waals surface area contributed by atoms with E-state index in [1.807, 2.05) is 0 Å². The third-order valence-corrected chi connectivity index (χ3v) is 2.89. The van der Waals surface area contributed by atoms with E-state index in [1.54, 1.807) is 0 Å². The Bertz CT molecular complexity index is 134. The molecule has 0 saturated carbocycles. The van der Waals surface area contributed by atoms with Crippen molar-refractivity contribution in [3.63, 3.8) is 0 Å². The van der Waals surface area contributed by atoms with Crippen molar-refractivity contribution < 1.29 is 5.11 Å². The summed E-state index contributed by atoms with van der Waals surface area (Å²) in [4.78, 5) is 0. The smallest absolute Gasteiger partial charge is 0.0445 e. The Hall–Kier alpha value is -0.0800. The van der Waals surface area contributed by atoms with Crippen LogP contribution in [-0.2, 0) is 0 Å². The van der Waals surface area contributed by atoms with Crippen molar-refractivity contribution in [3.8, 4) is 0 Å². The van der Waals surface area contributed by atoms with E-state index in [1.165, 1.54) is 19.3 Å². The number of aliphatic hydroxyl groups is 1. The molecule has 0 bridgehead atoms. The Kier molecular flexibility index (Phi) is 4.74. The van der Waals surface area contributed by atoms with Crippen molar-refractivity contribution in [1.82, 2.24) is 5.32 Å². The van der Waals surface area contributed by atoms with Gasteiger partial charge in [-0.1, -0.05) is 13.8 Å². The summed E-state index contributed by atoms with van der Waals surface area (Å²) in [7, 11) is 0.